The van der Waals surface area contributed by atoms with Gasteiger partial charge >= 0.3 is 11.9 Å². The zero-order chi connectivity index (χ0) is 8.59. The molecule has 11 heavy (non-hydrogen) atoms. The van der Waals surface area contributed by atoms with Gasteiger partial charge in [-0.1, -0.05) is 20.8 Å². The predicted molar refractivity (Wildman–Crippen MR) is 38.6 cm³/mol. The molecule has 0 saturated carbocycles. The number of carbonyl (C=O) groups excluding carboxylic acids is 2. The monoisotopic (exact) mass is 156 g/mol. The SMILES string of the molecule is CC(C)C1C(=O)OC(=O)C1C. The van der Waals surface area contributed by atoms with Gasteiger partial charge in [0.1, 0.15) is 0 Å². The maximum Gasteiger partial charge on any atom is 0.317 e. The van der Waals surface area contributed by atoms with Crippen molar-refractivity contribution in [2.75, 3.05) is 0 Å². The minimum absolute atomic E-state index is 0.184. The van der Waals surface area contributed by atoms with Crippen LogP contribution in [-0.2, 0) is 14.3 Å². The smallest absolute Gasteiger partial charge is 0.317 e. The average molecular weight is 156 g/mol. The first-order chi connectivity index (χ1) is 5.04. The van der Waals surface area contributed by atoms with Crippen molar-refractivity contribution in [1.82, 2.24) is 0 Å². The molecule has 0 aromatic rings. The van der Waals surface area contributed by atoms with Crippen molar-refractivity contribution in [3.8, 4) is 0 Å². The van der Waals surface area contributed by atoms with Gasteiger partial charge in [0.05, 0.1) is 11.8 Å². The maximum atomic E-state index is 11.0. The van der Waals surface area contributed by atoms with Gasteiger partial charge in [0.25, 0.3) is 0 Å². The Hall–Kier alpha value is -0.860. The minimum atomic E-state index is -0.381. The fourth-order valence-corrected chi connectivity index (χ4v) is 1.46. The summed E-state index contributed by atoms with van der Waals surface area (Å²) in [4.78, 5) is 21.8. The largest absolute Gasteiger partial charge is 0.393 e. The predicted octanol–water partition coefficient (Wildman–Crippen LogP) is 0.978. The van der Waals surface area contributed by atoms with Crippen LogP contribution >= 0.6 is 0 Å². The van der Waals surface area contributed by atoms with Crippen LogP contribution in [0.4, 0.5) is 0 Å². The van der Waals surface area contributed by atoms with Crippen LogP contribution in [-0.4, -0.2) is 11.9 Å². The lowest BCUT2D eigenvalue weighted by Crippen LogP contribution is -2.20. The van der Waals surface area contributed by atoms with Crippen molar-refractivity contribution in [2.24, 2.45) is 17.8 Å². The minimum Gasteiger partial charge on any atom is -0.393 e. The Morgan fingerprint density at radius 3 is 2.00 bits per heavy atom. The van der Waals surface area contributed by atoms with Gasteiger partial charge in [-0.15, -0.1) is 0 Å². The van der Waals surface area contributed by atoms with Crippen molar-refractivity contribution in [3.63, 3.8) is 0 Å². The van der Waals surface area contributed by atoms with E-state index in [4.69, 9.17) is 0 Å². The second-order valence-electron chi connectivity index (χ2n) is 3.30. The standard InChI is InChI=1S/C8H12O3/c1-4(2)6-5(3)7(9)11-8(6)10/h4-6H,1-3H3. The van der Waals surface area contributed by atoms with Crippen molar-refractivity contribution >= 4 is 11.9 Å². The highest BCUT2D eigenvalue weighted by Gasteiger charge is 2.42. The van der Waals surface area contributed by atoms with E-state index >= 15 is 0 Å². The van der Waals surface area contributed by atoms with Gasteiger partial charge in [-0.2, -0.15) is 0 Å². The van der Waals surface area contributed by atoms with Crippen LogP contribution in [0.2, 0.25) is 0 Å². The van der Waals surface area contributed by atoms with Crippen LogP contribution in [0.1, 0.15) is 20.8 Å². The molecule has 0 bridgehead atoms. The Morgan fingerprint density at radius 1 is 1.27 bits per heavy atom. The maximum absolute atomic E-state index is 11.0. The summed E-state index contributed by atoms with van der Waals surface area (Å²) in [5.41, 5.74) is 0. The lowest BCUT2D eigenvalue weighted by Gasteiger charge is -2.11. The number of ether oxygens (including phenoxy) is 1. The molecule has 2 atom stereocenters. The molecule has 3 heteroatoms. The summed E-state index contributed by atoms with van der Waals surface area (Å²) in [5, 5.41) is 0. The molecule has 1 aliphatic heterocycles. The lowest BCUT2D eigenvalue weighted by molar-refractivity contribution is -0.154. The van der Waals surface area contributed by atoms with Crippen LogP contribution in [0.15, 0.2) is 0 Å². The third-order valence-electron chi connectivity index (χ3n) is 2.10. The average Bonchev–Trinajstić information content (AvgIpc) is 2.07. The van der Waals surface area contributed by atoms with E-state index in [1.165, 1.54) is 0 Å². The summed E-state index contributed by atoms with van der Waals surface area (Å²) < 4.78 is 4.47. The Bertz CT molecular complexity index is 196. The molecule has 0 N–H and O–H groups in total. The Labute approximate surface area is 65.7 Å². The Morgan fingerprint density at radius 2 is 1.82 bits per heavy atom. The molecule has 3 nitrogen and oxygen atoms in total. The molecular weight excluding hydrogens is 144 g/mol. The van der Waals surface area contributed by atoms with Gasteiger partial charge in [0.15, 0.2) is 0 Å². The number of cyclic esters (lactones) is 2. The van der Waals surface area contributed by atoms with Crippen LogP contribution in [0.3, 0.4) is 0 Å². The summed E-state index contributed by atoms with van der Waals surface area (Å²) >= 11 is 0. The molecule has 0 spiro atoms. The van der Waals surface area contributed by atoms with Crippen LogP contribution in [0, 0.1) is 17.8 Å². The number of esters is 2. The summed E-state index contributed by atoms with van der Waals surface area (Å²) in [6.07, 6.45) is 0. The topological polar surface area (TPSA) is 43.4 Å². The molecule has 1 heterocycles. The van der Waals surface area contributed by atoms with Gasteiger partial charge in [0.2, 0.25) is 0 Å². The molecule has 0 radical (unpaired) electrons. The highest BCUT2D eigenvalue weighted by molar-refractivity contribution is 5.96. The summed E-state index contributed by atoms with van der Waals surface area (Å²) in [6.45, 7) is 5.57. The first-order valence-electron chi connectivity index (χ1n) is 3.79. The zero-order valence-corrected chi connectivity index (χ0v) is 6.96. The highest BCUT2D eigenvalue weighted by atomic mass is 16.6. The van der Waals surface area contributed by atoms with Crippen molar-refractivity contribution in [2.45, 2.75) is 20.8 Å². The second-order valence-corrected chi connectivity index (χ2v) is 3.30. The van der Waals surface area contributed by atoms with Crippen molar-refractivity contribution < 1.29 is 14.3 Å². The quantitative estimate of drug-likeness (QED) is 0.420. The molecule has 1 saturated heterocycles. The number of hydrogen-bond donors (Lipinski definition) is 0. The highest BCUT2D eigenvalue weighted by Crippen LogP contribution is 2.29. The van der Waals surface area contributed by atoms with E-state index in [0.717, 1.165) is 0 Å². The van der Waals surface area contributed by atoms with Gasteiger partial charge in [-0.3, -0.25) is 9.59 Å². The van der Waals surface area contributed by atoms with Crippen LogP contribution in [0.25, 0.3) is 0 Å². The summed E-state index contributed by atoms with van der Waals surface area (Å²) in [5.74, 6) is -1.06. The van der Waals surface area contributed by atoms with Crippen molar-refractivity contribution in [1.29, 1.82) is 0 Å². The van der Waals surface area contributed by atoms with E-state index in [1.54, 1.807) is 6.92 Å². The molecule has 0 amide bonds. The second kappa shape index (κ2) is 2.64. The van der Waals surface area contributed by atoms with Crippen LogP contribution in [0.5, 0.6) is 0 Å². The van der Waals surface area contributed by atoms with E-state index in [1.807, 2.05) is 13.8 Å². The first kappa shape index (κ1) is 8.24. The van der Waals surface area contributed by atoms with Gasteiger partial charge in [0, 0.05) is 0 Å². The molecule has 0 aliphatic carbocycles. The molecule has 1 aliphatic rings. The Balaban J connectivity index is 2.79. The van der Waals surface area contributed by atoms with E-state index in [9.17, 15) is 9.59 Å². The fourth-order valence-electron chi connectivity index (χ4n) is 1.46. The summed E-state index contributed by atoms with van der Waals surface area (Å²) in [6, 6.07) is 0. The molecule has 0 aromatic heterocycles. The van der Waals surface area contributed by atoms with Crippen LogP contribution < -0.4 is 0 Å². The summed E-state index contributed by atoms with van der Waals surface area (Å²) in [7, 11) is 0. The van der Waals surface area contributed by atoms with E-state index in [-0.39, 0.29) is 29.7 Å². The third kappa shape index (κ3) is 1.27. The van der Waals surface area contributed by atoms with E-state index < -0.39 is 0 Å². The number of carbonyl (C=O) groups is 2. The normalized spacial score (nSPS) is 31.3. The van der Waals surface area contributed by atoms with Gasteiger partial charge in [-0.25, -0.2) is 0 Å². The molecule has 1 fully saturated rings. The molecular formula is C8H12O3. The fraction of sp³-hybridized carbons (Fsp3) is 0.750. The van der Waals surface area contributed by atoms with Gasteiger partial charge in [-0.05, 0) is 5.92 Å². The molecule has 0 aromatic carbocycles. The third-order valence-corrected chi connectivity index (χ3v) is 2.10. The van der Waals surface area contributed by atoms with Crippen molar-refractivity contribution in [3.05, 3.63) is 0 Å². The number of hydrogen-bond acceptors (Lipinski definition) is 3. The lowest BCUT2D eigenvalue weighted by atomic mass is 9.87. The van der Waals surface area contributed by atoms with Gasteiger partial charge < -0.3 is 4.74 Å². The molecule has 1 rings (SSSR count). The number of rotatable bonds is 1. The Kier molecular flexibility index (Phi) is 1.98. The van der Waals surface area contributed by atoms with E-state index in [2.05, 4.69) is 4.74 Å². The molecule has 2 unspecified atom stereocenters. The van der Waals surface area contributed by atoms with E-state index in [0.29, 0.717) is 0 Å². The zero-order valence-electron chi connectivity index (χ0n) is 6.96. The first-order valence-corrected chi connectivity index (χ1v) is 3.79. The molecule has 62 valence electrons.